The molecule has 0 bridgehead atoms. The number of amides is 1. The Morgan fingerprint density at radius 2 is 1.85 bits per heavy atom. The van der Waals surface area contributed by atoms with E-state index in [2.05, 4.69) is 6.92 Å². The largest absolute Gasteiger partial charge is 0.392 e. The third kappa shape index (κ3) is 5.93. The number of hydrogen-bond donors (Lipinski definition) is 3. The van der Waals surface area contributed by atoms with Crippen LogP contribution >= 0.6 is 0 Å². The Morgan fingerprint density at radius 1 is 1.23 bits per heavy atom. The molecule has 0 saturated carbocycles. The highest BCUT2D eigenvalue weighted by Crippen LogP contribution is 2.30. The molecule has 154 valence electrons. The molecule has 1 amide bonds. The number of aliphatic hydroxyl groups is 3. The van der Waals surface area contributed by atoms with Crippen molar-refractivity contribution in [2.75, 3.05) is 13.1 Å². The first-order valence-electron chi connectivity index (χ1n) is 10.4. The van der Waals surface area contributed by atoms with E-state index < -0.39 is 29.6 Å². The van der Waals surface area contributed by atoms with Gasteiger partial charge in [0.25, 0.3) is 0 Å². The number of carbonyl (C=O) groups excluding carboxylic acids is 1. The lowest BCUT2D eigenvalue weighted by Gasteiger charge is -2.39. The summed E-state index contributed by atoms with van der Waals surface area (Å²) >= 11 is 0. The van der Waals surface area contributed by atoms with Crippen molar-refractivity contribution in [2.24, 2.45) is 23.7 Å². The molecule has 7 atom stereocenters. The minimum absolute atomic E-state index is 0.0451. The molecule has 1 fully saturated rings. The summed E-state index contributed by atoms with van der Waals surface area (Å²) in [5, 5.41) is 32.0. The molecule has 0 aliphatic carbocycles. The zero-order valence-corrected chi connectivity index (χ0v) is 17.6. The average Bonchev–Trinajstić information content (AvgIpc) is 2.64. The zero-order valence-electron chi connectivity index (χ0n) is 17.6. The summed E-state index contributed by atoms with van der Waals surface area (Å²) in [7, 11) is 0. The van der Waals surface area contributed by atoms with E-state index in [0.29, 0.717) is 12.3 Å². The van der Waals surface area contributed by atoms with E-state index in [9.17, 15) is 20.1 Å². The first-order chi connectivity index (χ1) is 12.0. The molecule has 3 N–H and O–H groups in total. The Labute approximate surface area is 159 Å². The maximum Gasteiger partial charge on any atom is 0.228 e. The van der Waals surface area contributed by atoms with Crippen LogP contribution in [0.3, 0.4) is 0 Å². The Bertz CT molecular complexity index is 440. The fourth-order valence-electron chi connectivity index (χ4n) is 4.21. The van der Waals surface area contributed by atoms with Gasteiger partial charge in [-0.15, -0.1) is 0 Å². The highest BCUT2D eigenvalue weighted by molar-refractivity contribution is 5.79. The molecule has 1 aliphatic rings. The zero-order chi connectivity index (χ0) is 20.1. The highest BCUT2D eigenvalue weighted by atomic mass is 16.3. The summed E-state index contributed by atoms with van der Waals surface area (Å²) in [6, 6.07) is 0. The van der Waals surface area contributed by atoms with Gasteiger partial charge in [-0.2, -0.15) is 0 Å². The van der Waals surface area contributed by atoms with E-state index in [4.69, 9.17) is 0 Å². The summed E-state index contributed by atoms with van der Waals surface area (Å²) < 4.78 is 0. The van der Waals surface area contributed by atoms with Gasteiger partial charge in [0.05, 0.1) is 23.7 Å². The van der Waals surface area contributed by atoms with Crippen molar-refractivity contribution in [2.45, 2.75) is 91.5 Å². The van der Waals surface area contributed by atoms with Crippen LogP contribution in [0.15, 0.2) is 0 Å². The van der Waals surface area contributed by atoms with Gasteiger partial charge in [-0.25, -0.2) is 0 Å². The number of piperidine rings is 1. The van der Waals surface area contributed by atoms with Crippen LogP contribution < -0.4 is 0 Å². The standard InChI is InChI=1S/C21H41NO4/c1-7-14(3)12-21(6,26)19(24)15(4)18(23)16(5)20(25)22-11-9-10-17(8-2)13-22/h14-19,23-24,26H,7-13H2,1-6H3/t14-,15-,16?,17?,18-,19+,21+/m0/s1. The van der Waals surface area contributed by atoms with E-state index in [-0.39, 0.29) is 11.8 Å². The molecule has 0 aromatic rings. The van der Waals surface area contributed by atoms with Crippen LogP contribution in [0.4, 0.5) is 0 Å². The molecule has 0 aromatic carbocycles. The first-order valence-corrected chi connectivity index (χ1v) is 10.4. The summed E-state index contributed by atoms with van der Waals surface area (Å²) in [5.74, 6) is -0.399. The predicted molar refractivity (Wildman–Crippen MR) is 105 cm³/mol. The van der Waals surface area contributed by atoms with Gasteiger partial charge in [-0.3, -0.25) is 4.79 Å². The van der Waals surface area contributed by atoms with Gasteiger partial charge in [-0.05, 0) is 38.0 Å². The van der Waals surface area contributed by atoms with Crippen molar-refractivity contribution in [3.63, 3.8) is 0 Å². The maximum absolute atomic E-state index is 12.8. The maximum atomic E-state index is 12.8. The third-order valence-electron chi connectivity index (χ3n) is 6.44. The summed E-state index contributed by atoms with van der Waals surface area (Å²) in [5.41, 5.74) is -1.28. The monoisotopic (exact) mass is 371 g/mol. The minimum Gasteiger partial charge on any atom is -0.392 e. The SMILES string of the molecule is CCC1CCCN(C(=O)C(C)[C@@H](O)[C@H](C)[C@@H](O)[C@](C)(O)C[C@@H](C)CC)C1. The predicted octanol–water partition coefficient (Wildman–Crippen LogP) is 2.82. The number of hydrogen-bond acceptors (Lipinski definition) is 4. The van der Waals surface area contributed by atoms with Crippen LogP contribution in [0, 0.1) is 23.7 Å². The van der Waals surface area contributed by atoms with Crippen LogP contribution in [0.1, 0.15) is 73.6 Å². The Hall–Kier alpha value is -0.650. The molecular weight excluding hydrogens is 330 g/mol. The lowest BCUT2D eigenvalue weighted by Crippen LogP contribution is -2.52. The lowest BCUT2D eigenvalue weighted by atomic mass is 9.77. The first kappa shape index (κ1) is 23.4. The van der Waals surface area contributed by atoms with Crippen molar-refractivity contribution in [1.29, 1.82) is 0 Å². The van der Waals surface area contributed by atoms with E-state index >= 15 is 0 Å². The molecule has 1 aliphatic heterocycles. The molecule has 1 saturated heterocycles. The molecule has 5 nitrogen and oxygen atoms in total. The molecule has 0 radical (unpaired) electrons. The minimum atomic E-state index is -1.28. The summed E-state index contributed by atoms with van der Waals surface area (Å²) in [4.78, 5) is 14.7. The fourth-order valence-corrected chi connectivity index (χ4v) is 4.21. The van der Waals surface area contributed by atoms with E-state index in [0.717, 1.165) is 38.8 Å². The van der Waals surface area contributed by atoms with Crippen LogP contribution in [0.5, 0.6) is 0 Å². The normalized spacial score (nSPS) is 26.5. The number of nitrogens with zero attached hydrogens (tertiary/aromatic N) is 1. The molecular formula is C21H41NO4. The summed E-state index contributed by atoms with van der Waals surface area (Å²) in [6.45, 7) is 12.8. The number of carbonyl (C=O) groups is 1. The average molecular weight is 372 g/mol. The van der Waals surface area contributed by atoms with E-state index in [1.54, 1.807) is 20.8 Å². The van der Waals surface area contributed by atoms with Gasteiger partial charge in [0.2, 0.25) is 5.91 Å². The van der Waals surface area contributed by atoms with Crippen molar-refractivity contribution < 1.29 is 20.1 Å². The highest BCUT2D eigenvalue weighted by Gasteiger charge is 2.41. The second kappa shape index (κ2) is 10.0. The number of likely N-dealkylation sites (tertiary alicyclic amines) is 1. The second-order valence-electron chi connectivity index (χ2n) is 8.86. The molecule has 1 heterocycles. The molecule has 2 unspecified atom stereocenters. The summed E-state index contributed by atoms with van der Waals surface area (Å²) in [6.07, 6.45) is 2.55. The van der Waals surface area contributed by atoms with Gasteiger partial charge >= 0.3 is 0 Å². The van der Waals surface area contributed by atoms with Gasteiger partial charge in [0.15, 0.2) is 0 Å². The van der Waals surface area contributed by atoms with Gasteiger partial charge in [0.1, 0.15) is 0 Å². The topological polar surface area (TPSA) is 81.0 Å². The Balaban J connectivity index is 2.73. The van der Waals surface area contributed by atoms with Gasteiger partial charge in [-0.1, -0.05) is 47.5 Å². The van der Waals surface area contributed by atoms with Crippen LogP contribution in [0.2, 0.25) is 0 Å². The molecule has 1 rings (SSSR count). The van der Waals surface area contributed by atoms with Crippen LogP contribution in [0.25, 0.3) is 0 Å². The van der Waals surface area contributed by atoms with Crippen molar-refractivity contribution >= 4 is 5.91 Å². The quantitative estimate of drug-likeness (QED) is 0.582. The smallest absolute Gasteiger partial charge is 0.228 e. The molecule has 0 aromatic heterocycles. The van der Waals surface area contributed by atoms with E-state index in [1.807, 2.05) is 18.7 Å². The van der Waals surface area contributed by atoms with E-state index in [1.165, 1.54) is 0 Å². The number of rotatable bonds is 9. The van der Waals surface area contributed by atoms with Gasteiger partial charge in [0, 0.05) is 19.0 Å². The fraction of sp³-hybridized carbons (Fsp3) is 0.952. The van der Waals surface area contributed by atoms with Crippen molar-refractivity contribution in [1.82, 2.24) is 4.90 Å². The van der Waals surface area contributed by atoms with Crippen molar-refractivity contribution in [3.05, 3.63) is 0 Å². The molecule has 26 heavy (non-hydrogen) atoms. The Kier molecular flexibility index (Phi) is 9.04. The third-order valence-corrected chi connectivity index (χ3v) is 6.44. The Morgan fingerprint density at radius 3 is 2.38 bits per heavy atom. The van der Waals surface area contributed by atoms with Crippen LogP contribution in [-0.4, -0.2) is 57.0 Å². The van der Waals surface area contributed by atoms with Crippen molar-refractivity contribution in [3.8, 4) is 0 Å². The van der Waals surface area contributed by atoms with Crippen LogP contribution in [-0.2, 0) is 4.79 Å². The lowest BCUT2D eigenvalue weighted by molar-refractivity contribution is -0.150. The van der Waals surface area contributed by atoms with Gasteiger partial charge < -0.3 is 20.2 Å². The molecule has 0 spiro atoms. The number of aliphatic hydroxyl groups excluding tert-OH is 2. The second-order valence-corrected chi connectivity index (χ2v) is 8.86. The molecule has 5 heteroatoms.